The molecular formula is C21H23ClN5O2+. The van der Waals surface area contributed by atoms with Gasteiger partial charge in [0.05, 0.1) is 11.1 Å². The fraction of sp³-hybridized carbons (Fsp3) is 0.238. The minimum Gasteiger partial charge on any atom is -0.343 e. The van der Waals surface area contributed by atoms with Crippen molar-refractivity contribution in [2.75, 3.05) is 14.1 Å². The van der Waals surface area contributed by atoms with Crippen molar-refractivity contribution >= 4 is 28.4 Å². The number of amides is 1. The highest BCUT2D eigenvalue weighted by molar-refractivity contribution is 6.31. The van der Waals surface area contributed by atoms with Gasteiger partial charge in [-0.3, -0.25) is 9.59 Å². The standard InChI is InChI=1S/C19H17ClN5O2.C2H6/c1-24(2)19(27)17-15(11-22-23-21)18(26)14-9-8-12(20)10-16(14)25(17)13-6-4-3-5-7-13;1-2/h3-10,21H,11H2,1-2H3;1-2H3/q+1;. The number of pyridine rings is 1. The van der Waals surface area contributed by atoms with Crippen LogP contribution in [0.1, 0.15) is 29.9 Å². The summed E-state index contributed by atoms with van der Waals surface area (Å²) in [5.74, 6) is -0.354. The first-order valence-electron chi connectivity index (χ1n) is 9.13. The van der Waals surface area contributed by atoms with Crippen molar-refractivity contribution in [1.82, 2.24) is 14.4 Å². The number of fused-ring (bicyclic) bond motifs is 1. The third-order valence-corrected chi connectivity index (χ3v) is 4.39. The molecule has 1 aromatic heterocycles. The molecule has 8 heteroatoms. The Bertz CT molecular complexity index is 1130. The maximum absolute atomic E-state index is 13.1. The molecule has 0 fully saturated rings. The predicted molar refractivity (Wildman–Crippen MR) is 115 cm³/mol. The Hall–Kier alpha value is -3.28. The second kappa shape index (κ2) is 9.78. The van der Waals surface area contributed by atoms with Crippen molar-refractivity contribution in [1.29, 1.82) is 5.53 Å². The lowest BCUT2D eigenvalue weighted by atomic mass is 10.1. The molecule has 0 aliphatic heterocycles. The molecule has 0 spiro atoms. The van der Waals surface area contributed by atoms with Gasteiger partial charge in [-0.1, -0.05) is 43.6 Å². The van der Waals surface area contributed by atoms with Crippen LogP contribution in [0.3, 0.4) is 0 Å². The molecule has 0 saturated heterocycles. The van der Waals surface area contributed by atoms with Crippen LogP contribution < -0.4 is 10.3 Å². The molecule has 0 atom stereocenters. The van der Waals surface area contributed by atoms with E-state index in [-0.39, 0.29) is 29.1 Å². The van der Waals surface area contributed by atoms with Crippen molar-refractivity contribution in [3.63, 3.8) is 0 Å². The van der Waals surface area contributed by atoms with Gasteiger partial charge in [0.2, 0.25) is 4.91 Å². The second-order valence-electron chi connectivity index (χ2n) is 6.09. The summed E-state index contributed by atoms with van der Waals surface area (Å²) in [6.45, 7) is 3.84. The van der Waals surface area contributed by atoms with Gasteiger partial charge in [-0.25, -0.2) is 0 Å². The Kier molecular flexibility index (Phi) is 7.42. The number of hydrogen-bond acceptors (Lipinski definition) is 4. The molecule has 2 aromatic carbocycles. The Labute approximate surface area is 173 Å². The zero-order valence-electron chi connectivity index (χ0n) is 16.8. The van der Waals surface area contributed by atoms with Gasteiger partial charge in [0.25, 0.3) is 5.91 Å². The second-order valence-corrected chi connectivity index (χ2v) is 6.52. The van der Waals surface area contributed by atoms with Crippen LogP contribution >= 0.6 is 11.6 Å². The number of para-hydroxylation sites is 1. The van der Waals surface area contributed by atoms with Gasteiger partial charge in [0, 0.05) is 30.2 Å². The summed E-state index contributed by atoms with van der Waals surface area (Å²) in [6.07, 6.45) is 0. The van der Waals surface area contributed by atoms with E-state index in [1.54, 1.807) is 36.9 Å². The third kappa shape index (κ3) is 4.42. The maximum Gasteiger partial charge on any atom is 0.270 e. The van der Waals surface area contributed by atoms with Crippen molar-refractivity contribution in [2.45, 2.75) is 20.4 Å². The molecule has 3 aromatic rings. The quantitative estimate of drug-likeness (QED) is 0.507. The van der Waals surface area contributed by atoms with Gasteiger partial charge in [-0.2, -0.15) is 0 Å². The lowest BCUT2D eigenvalue weighted by molar-refractivity contribution is 0.0818. The zero-order valence-corrected chi connectivity index (χ0v) is 17.6. The average Bonchev–Trinajstić information content (AvgIpc) is 2.74. The highest BCUT2D eigenvalue weighted by Crippen LogP contribution is 2.25. The lowest BCUT2D eigenvalue weighted by Crippen LogP contribution is -2.31. The van der Waals surface area contributed by atoms with Crippen LogP contribution in [0.5, 0.6) is 0 Å². The molecule has 0 saturated carbocycles. The predicted octanol–water partition coefficient (Wildman–Crippen LogP) is 4.42. The van der Waals surface area contributed by atoms with Gasteiger partial charge in [-0.05, 0) is 30.3 Å². The molecule has 1 N–H and O–H groups in total. The molecule has 1 heterocycles. The van der Waals surface area contributed by atoms with Crippen molar-refractivity contribution in [2.24, 2.45) is 5.11 Å². The van der Waals surface area contributed by atoms with Crippen molar-refractivity contribution < 1.29 is 4.79 Å². The van der Waals surface area contributed by atoms with Crippen LogP contribution in [0.2, 0.25) is 5.02 Å². The molecule has 0 aliphatic rings. The highest BCUT2D eigenvalue weighted by atomic mass is 35.5. The summed E-state index contributed by atoms with van der Waals surface area (Å²) in [5.41, 5.74) is 8.20. The molecule has 150 valence electrons. The fourth-order valence-corrected chi connectivity index (χ4v) is 3.11. The number of halogens is 1. The van der Waals surface area contributed by atoms with E-state index in [0.29, 0.717) is 21.6 Å². The lowest BCUT2D eigenvalue weighted by Gasteiger charge is -2.21. The van der Waals surface area contributed by atoms with Crippen LogP contribution in [-0.4, -0.2) is 29.5 Å². The van der Waals surface area contributed by atoms with Crippen LogP contribution in [0, 0.1) is 5.53 Å². The highest BCUT2D eigenvalue weighted by Gasteiger charge is 2.25. The minimum absolute atomic E-state index is 0.164. The molecule has 0 aliphatic carbocycles. The Morgan fingerprint density at radius 3 is 2.41 bits per heavy atom. The summed E-state index contributed by atoms with van der Waals surface area (Å²) < 4.78 is 1.71. The van der Waals surface area contributed by atoms with Crippen molar-refractivity contribution in [3.8, 4) is 5.69 Å². The van der Waals surface area contributed by atoms with Crippen LogP contribution in [0.4, 0.5) is 0 Å². The maximum atomic E-state index is 13.1. The third-order valence-electron chi connectivity index (χ3n) is 4.15. The molecule has 3 rings (SSSR count). The smallest absolute Gasteiger partial charge is 0.270 e. The fourth-order valence-electron chi connectivity index (χ4n) is 2.94. The van der Waals surface area contributed by atoms with Crippen LogP contribution in [-0.2, 0) is 6.54 Å². The van der Waals surface area contributed by atoms with Crippen LogP contribution in [0.25, 0.3) is 16.6 Å². The van der Waals surface area contributed by atoms with E-state index in [2.05, 4.69) is 10.0 Å². The van der Waals surface area contributed by atoms with E-state index < -0.39 is 0 Å². The topological polar surface area (TPSA) is 92.6 Å². The number of aromatic nitrogens is 1. The van der Waals surface area contributed by atoms with E-state index >= 15 is 0 Å². The van der Waals surface area contributed by atoms with Gasteiger partial charge < -0.3 is 9.47 Å². The van der Waals surface area contributed by atoms with Gasteiger partial charge >= 0.3 is 0 Å². The summed E-state index contributed by atoms with van der Waals surface area (Å²) in [4.78, 5) is 30.5. The number of nitrogens with one attached hydrogen (secondary N) is 1. The first-order valence-corrected chi connectivity index (χ1v) is 9.51. The molecular weight excluding hydrogens is 390 g/mol. The van der Waals surface area contributed by atoms with E-state index in [1.165, 1.54) is 4.90 Å². The first-order chi connectivity index (χ1) is 14.0. The van der Waals surface area contributed by atoms with Gasteiger partial charge in [0.1, 0.15) is 16.3 Å². The van der Waals surface area contributed by atoms with Crippen molar-refractivity contribution in [3.05, 3.63) is 75.0 Å². The number of carbonyl (C=O) groups is 1. The summed E-state index contributed by atoms with van der Waals surface area (Å²) in [6, 6.07) is 14.2. The molecule has 0 unspecified atom stereocenters. The molecule has 0 bridgehead atoms. The summed E-state index contributed by atoms with van der Waals surface area (Å²) in [5, 5.41) is 4.51. The zero-order chi connectivity index (χ0) is 21.6. The largest absolute Gasteiger partial charge is 0.343 e. The van der Waals surface area contributed by atoms with E-state index in [4.69, 9.17) is 17.1 Å². The Morgan fingerprint density at radius 2 is 1.83 bits per heavy atom. The average molecular weight is 413 g/mol. The Morgan fingerprint density at radius 1 is 1.17 bits per heavy atom. The number of nitrogens with zero attached hydrogens (tertiary/aromatic N) is 4. The number of rotatable bonds is 4. The SMILES string of the molecule is CC.CN(C)C(=O)c1c(CN=[N+]=N)c(=O)c2ccc(Cl)cc2n1-c1ccccc1. The minimum atomic E-state index is -0.354. The number of hydrogen-bond donors (Lipinski definition) is 1. The van der Waals surface area contributed by atoms with E-state index in [9.17, 15) is 9.59 Å². The van der Waals surface area contributed by atoms with Gasteiger partial charge in [0.15, 0.2) is 12.0 Å². The summed E-state index contributed by atoms with van der Waals surface area (Å²) >= 11 is 6.18. The van der Waals surface area contributed by atoms with Crippen LogP contribution in [0.15, 0.2) is 58.4 Å². The molecule has 29 heavy (non-hydrogen) atoms. The number of benzene rings is 2. The Balaban J connectivity index is 0.00000145. The number of carbonyl (C=O) groups excluding carboxylic acids is 1. The van der Waals surface area contributed by atoms with E-state index in [1.807, 2.05) is 44.2 Å². The first kappa shape index (κ1) is 22.0. The summed E-state index contributed by atoms with van der Waals surface area (Å²) in [7, 11) is 3.22. The molecule has 0 radical (unpaired) electrons. The monoisotopic (exact) mass is 412 g/mol. The molecule has 1 amide bonds. The normalized spacial score (nSPS) is 9.97. The van der Waals surface area contributed by atoms with Gasteiger partial charge in [-0.15, -0.1) is 0 Å². The van der Waals surface area contributed by atoms with E-state index in [0.717, 1.165) is 0 Å². The molecule has 7 nitrogen and oxygen atoms in total.